The van der Waals surface area contributed by atoms with Crippen molar-refractivity contribution in [1.29, 1.82) is 0 Å². The second-order valence-corrected chi connectivity index (χ2v) is 5.30. The van der Waals surface area contributed by atoms with Crippen LogP contribution in [-0.2, 0) is 0 Å². The van der Waals surface area contributed by atoms with Crippen molar-refractivity contribution in [3.63, 3.8) is 0 Å². The highest BCUT2D eigenvalue weighted by Gasteiger charge is 2.02. The molecule has 0 aromatic carbocycles. The molecular formula is C9H14BrN3S. The lowest BCUT2D eigenvalue weighted by molar-refractivity contribution is 0.631. The van der Waals surface area contributed by atoms with Gasteiger partial charge in [0.1, 0.15) is 10.4 Å². The zero-order chi connectivity index (χ0) is 10.6. The first-order valence-electron chi connectivity index (χ1n) is 4.51. The minimum Gasteiger partial charge on any atom is -0.384 e. The normalized spacial score (nSPS) is 10.9. The van der Waals surface area contributed by atoms with Gasteiger partial charge in [0.15, 0.2) is 5.16 Å². The smallest absolute Gasteiger partial charge is 0.190 e. The summed E-state index contributed by atoms with van der Waals surface area (Å²) in [6.07, 6.45) is 1.17. The summed E-state index contributed by atoms with van der Waals surface area (Å²) in [7, 11) is 0. The van der Waals surface area contributed by atoms with E-state index in [-0.39, 0.29) is 0 Å². The summed E-state index contributed by atoms with van der Waals surface area (Å²) in [5.41, 5.74) is 5.60. The highest BCUT2D eigenvalue weighted by atomic mass is 79.9. The second kappa shape index (κ2) is 5.56. The molecule has 1 rings (SSSR count). The van der Waals surface area contributed by atoms with E-state index in [0.29, 0.717) is 11.7 Å². The van der Waals surface area contributed by atoms with Crippen LogP contribution in [0.25, 0.3) is 0 Å². The van der Waals surface area contributed by atoms with Crippen molar-refractivity contribution < 1.29 is 0 Å². The highest BCUT2D eigenvalue weighted by Crippen LogP contribution is 2.20. The van der Waals surface area contributed by atoms with Gasteiger partial charge in [-0.3, -0.25) is 0 Å². The molecule has 3 nitrogen and oxygen atoms in total. The third-order valence-electron chi connectivity index (χ3n) is 1.62. The molecule has 0 bridgehead atoms. The zero-order valence-corrected chi connectivity index (χ0v) is 10.7. The van der Waals surface area contributed by atoms with Crippen molar-refractivity contribution in [3.05, 3.63) is 10.7 Å². The molecule has 0 aliphatic carbocycles. The van der Waals surface area contributed by atoms with Gasteiger partial charge in [0.25, 0.3) is 0 Å². The zero-order valence-electron chi connectivity index (χ0n) is 8.33. The van der Waals surface area contributed by atoms with Gasteiger partial charge in [-0.05, 0) is 28.3 Å². The van der Waals surface area contributed by atoms with Gasteiger partial charge in [-0.15, -0.1) is 0 Å². The molecule has 2 N–H and O–H groups in total. The van der Waals surface area contributed by atoms with Crippen LogP contribution in [0.4, 0.5) is 5.82 Å². The second-order valence-electron chi connectivity index (χ2n) is 3.43. The van der Waals surface area contributed by atoms with Crippen LogP contribution in [0.5, 0.6) is 0 Å². The van der Waals surface area contributed by atoms with Crippen molar-refractivity contribution >= 4 is 33.5 Å². The lowest BCUT2D eigenvalue weighted by Gasteiger charge is -2.04. The molecule has 0 aliphatic rings. The van der Waals surface area contributed by atoms with E-state index in [0.717, 1.165) is 15.5 Å². The first kappa shape index (κ1) is 11.8. The van der Waals surface area contributed by atoms with Gasteiger partial charge in [0.05, 0.1) is 0 Å². The topological polar surface area (TPSA) is 51.8 Å². The Morgan fingerprint density at radius 1 is 1.50 bits per heavy atom. The van der Waals surface area contributed by atoms with E-state index < -0.39 is 0 Å². The van der Waals surface area contributed by atoms with Crippen LogP contribution < -0.4 is 5.73 Å². The summed E-state index contributed by atoms with van der Waals surface area (Å²) < 4.78 is 0.747. The van der Waals surface area contributed by atoms with Crippen LogP contribution in [0.2, 0.25) is 0 Å². The van der Waals surface area contributed by atoms with E-state index in [2.05, 4.69) is 39.7 Å². The molecule has 0 unspecified atom stereocenters. The molecule has 1 aromatic rings. The Balaban J connectivity index is 2.50. The molecule has 0 amide bonds. The molecular weight excluding hydrogens is 262 g/mol. The van der Waals surface area contributed by atoms with Crippen LogP contribution in [-0.4, -0.2) is 15.7 Å². The van der Waals surface area contributed by atoms with Crippen molar-refractivity contribution in [3.8, 4) is 0 Å². The molecule has 0 radical (unpaired) electrons. The number of anilines is 1. The summed E-state index contributed by atoms with van der Waals surface area (Å²) in [6.45, 7) is 4.41. The minimum atomic E-state index is 0.513. The lowest BCUT2D eigenvalue weighted by atomic mass is 10.2. The monoisotopic (exact) mass is 275 g/mol. The van der Waals surface area contributed by atoms with Gasteiger partial charge in [0, 0.05) is 11.8 Å². The Labute approximate surface area is 97.0 Å². The van der Waals surface area contributed by atoms with Crippen molar-refractivity contribution in [2.24, 2.45) is 5.92 Å². The standard InChI is InChI=1S/C9H14BrN3S/c1-6(2)3-4-14-9-12-7(10)5-8(11)13-9/h5-6H,3-4H2,1-2H3,(H2,11,12,13). The average molecular weight is 276 g/mol. The SMILES string of the molecule is CC(C)CCSc1nc(N)cc(Br)n1. The summed E-state index contributed by atoms with van der Waals surface area (Å²) >= 11 is 4.93. The fraction of sp³-hybridized carbons (Fsp3) is 0.556. The van der Waals surface area contributed by atoms with E-state index in [4.69, 9.17) is 5.73 Å². The van der Waals surface area contributed by atoms with Crippen molar-refractivity contribution in [2.45, 2.75) is 25.4 Å². The molecule has 0 saturated heterocycles. The first-order chi connectivity index (χ1) is 6.58. The van der Waals surface area contributed by atoms with E-state index in [1.807, 2.05) is 0 Å². The van der Waals surface area contributed by atoms with Crippen molar-refractivity contribution in [2.75, 3.05) is 11.5 Å². The predicted molar refractivity (Wildman–Crippen MR) is 64.3 cm³/mol. The van der Waals surface area contributed by atoms with Crippen LogP contribution >= 0.6 is 27.7 Å². The molecule has 78 valence electrons. The maximum atomic E-state index is 5.60. The Morgan fingerprint density at radius 3 is 2.79 bits per heavy atom. The van der Waals surface area contributed by atoms with Gasteiger partial charge < -0.3 is 5.73 Å². The predicted octanol–water partition coefficient (Wildman–Crippen LogP) is 2.96. The summed E-state index contributed by atoms with van der Waals surface area (Å²) in [5, 5.41) is 0.748. The molecule has 1 aromatic heterocycles. The Bertz CT molecular complexity index is 284. The molecule has 0 saturated carbocycles. The minimum absolute atomic E-state index is 0.513. The lowest BCUT2D eigenvalue weighted by Crippen LogP contribution is -1.96. The summed E-state index contributed by atoms with van der Waals surface area (Å²) in [6, 6.07) is 1.70. The number of nitrogen functional groups attached to an aromatic ring is 1. The van der Waals surface area contributed by atoms with Crippen LogP contribution in [0.15, 0.2) is 15.8 Å². The molecule has 0 aliphatic heterocycles. The molecule has 0 fully saturated rings. The number of hydrogen-bond acceptors (Lipinski definition) is 4. The maximum absolute atomic E-state index is 5.60. The van der Waals surface area contributed by atoms with Gasteiger partial charge >= 0.3 is 0 Å². The Kier molecular flexibility index (Phi) is 4.68. The third-order valence-corrected chi connectivity index (χ3v) is 2.91. The van der Waals surface area contributed by atoms with E-state index in [1.165, 1.54) is 6.42 Å². The third kappa shape index (κ3) is 4.28. The van der Waals surface area contributed by atoms with Crippen molar-refractivity contribution in [1.82, 2.24) is 9.97 Å². The summed E-state index contributed by atoms with van der Waals surface area (Å²) in [4.78, 5) is 8.35. The average Bonchev–Trinajstić information content (AvgIpc) is 2.01. The largest absolute Gasteiger partial charge is 0.384 e. The number of rotatable bonds is 4. The molecule has 0 atom stereocenters. The van der Waals surface area contributed by atoms with Crippen LogP contribution in [0.3, 0.4) is 0 Å². The highest BCUT2D eigenvalue weighted by molar-refractivity contribution is 9.10. The number of hydrogen-bond donors (Lipinski definition) is 1. The van der Waals surface area contributed by atoms with E-state index in [1.54, 1.807) is 17.8 Å². The van der Waals surface area contributed by atoms with Gasteiger partial charge in [-0.25, -0.2) is 9.97 Å². The van der Waals surface area contributed by atoms with E-state index in [9.17, 15) is 0 Å². The first-order valence-corrected chi connectivity index (χ1v) is 6.28. The number of thioether (sulfide) groups is 1. The molecule has 5 heteroatoms. The molecule has 0 spiro atoms. The number of halogens is 1. The number of nitrogens with zero attached hydrogens (tertiary/aromatic N) is 2. The van der Waals surface area contributed by atoms with Crippen LogP contribution in [0, 0.1) is 5.92 Å². The fourth-order valence-corrected chi connectivity index (χ4v) is 2.49. The summed E-state index contributed by atoms with van der Waals surface area (Å²) in [5.74, 6) is 2.26. The number of aromatic nitrogens is 2. The quantitative estimate of drug-likeness (QED) is 0.522. The van der Waals surface area contributed by atoms with Gasteiger partial charge in [-0.2, -0.15) is 0 Å². The Morgan fingerprint density at radius 2 is 2.21 bits per heavy atom. The Hall–Kier alpha value is -0.290. The molecule has 1 heterocycles. The van der Waals surface area contributed by atoms with Gasteiger partial charge in [0.2, 0.25) is 0 Å². The maximum Gasteiger partial charge on any atom is 0.190 e. The number of nitrogens with two attached hydrogens (primary N) is 1. The molecule has 14 heavy (non-hydrogen) atoms. The van der Waals surface area contributed by atoms with Gasteiger partial charge in [-0.1, -0.05) is 25.6 Å². The fourth-order valence-electron chi connectivity index (χ4n) is 0.864. The van der Waals surface area contributed by atoms with Crippen LogP contribution in [0.1, 0.15) is 20.3 Å². The van der Waals surface area contributed by atoms with E-state index >= 15 is 0 Å².